The van der Waals surface area contributed by atoms with Crippen molar-refractivity contribution in [3.8, 4) is 11.5 Å². The van der Waals surface area contributed by atoms with Crippen molar-refractivity contribution < 1.29 is 28.7 Å². The van der Waals surface area contributed by atoms with Gasteiger partial charge < -0.3 is 14.2 Å². The number of nitrogens with zero attached hydrogens (tertiary/aromatic N) is 1. The number of rotatable bonds is 7. The van der Waals surface area contributed by atoms with E-state index >= 15 is 0 Å². The van der Waals surface area contributed by atoms with E-state index in [1.165, 1.54) is 33.3 Å². The third-order valence-electron chi connectivity index (χ3n) is 3.64. The molecular formula is C18H17NO7. The van der Waals surface area contributed by atoms with Crippen LogP contribution in [0.3, 0.4) is 0 Å². The lowest BCUT2D eigenvalue weighted by molar-refractivity contribution is -0.384. The molecule has 0 amide bonds. The Labute approximate surface area is 149 Å². The molecule has 0 radical (unpaired) electrons. The lowest BCUT2D eigenvalue weighted by atomic mass is 10.1. The van der Waals surface area contributed by atoms with Gasteiger partial charge in [0.15, 0.2) is 6.10 Å². The van der Waals surface area contributed by atoms with Crippen LogP contribution in [0.5, 0.6) is 11.5 Å². The molecule has 8 nitrogen and oxygen atoms in total. The molecule has 0 heterocycles. The molecule has 0 unspecified atom stereocenters. The average molecular weight is 359 g/mol. The number of ether oxygens (including phenoxy) is 3. The molecule has 0 fully saturated rings. The summed E-state index contributed by atoms with van der Waals surface area (Å²) in [6.45, 7) is 1.42. The maximum Gasteiger partial charge on any atom is 0.342 e. The molecule has 0 N–H and O–H groups in total. The highest BCUT2D eigenvalue weighted by molar-refractivity contribution is 6.02. The van der Waals surface area contributed by atoms with Crippen molar-refractivity contribution in [1.29, 1.82) is 0 Å². The van der Waals surface area contributed by atoms with Gasteiger partial charge >= 0.3 is 5.97 Å². The largest absolute Gasteiger partial charge is 0.497 e. The van der Waals surface area contributed by atoms with E-state index < -0.39 is 22.8 Å². The standard InChI is InChI=1S/C18H17NO7/c1-11(17(20)12-4-7-14(24-2)8-5-12)26-18(21)15-10-13(19(22)23)6-9-16(15)25-3/h4-11H,1-3H3/t11-/m1/s1. The molecule has 0 aromatic heterocycles. The highest BCUT2D eigenvalue weighted by atomic mass is 16.6. The summed E-state index contributed by atoms with van der Waals surface area (Å²) in [6, 6.07) is 9.90. The van der Waals surface area contributed by atoms with Gasteiger partial charge in [0, 0.05) is 17.7 Å². The first-order valence-corrected chi connectivity index (χ1v) is 7.59. The van der Waals surface area contributed by atoms with Crippen molar-refractivity contribution >= 4 is 17.4 Å². The molecular weight excluding hydrogens is 342 g/mol. The number of esters is 1. The third-order valence-corrected chi connectivity index (χ3v) is 3.64. The van der Waals surface area contributed by atoms with Gasteiger partial charge in [-0.05, 0) is 37.3 Å². The zero-order chi connectivity index (χ0) is 19.3. The van der Waals surface area contributed by atoms with E-state index in [0.717, 1.165) is 6.07 Å². The Kier molecular flexibility index (Phi) is 5.90. The Morgan fingerprint density at radius 1 is 1.04 bits per heavy atom. The minimum absolute atomic E-state index is 0.115. The molecule has 2 aromatic carbocycles. The molecule has 136 valence electrons. The molecule has 0 aliphatic rings. The highest BCUT2D eigenvalue weighted by Gasteiger charge is 2.24. The Bertz CT molecular complexity index is 830. The number of nitro groups is 1. The second-order valence-corrected chi connectivity index (χ2v) is 5.28. The zero-order valence-corrected chi connectivity index (χ0v) is 14.4. The molecule has 0 saturated heterocycles. The van der Waals surface area contributed by atoms with Crippen molar-refractivity contribution in [3.63, 3.8) is 0 Å². The van der Waals surface area contributed by atoms with Gasteiger partial charge in [-0.3, -0.25) is 14.9 Å². The molecule has 0 bridgehead atoms. The lowest BCUT2D eigenvalue weighted by Crippen LogP contribution is -2.24. The minimum atomic E-state index is -1.08. The van der Waals surface area contributed by atoms with E-state index in [9.17, 15) is 19.7 Å². The molecule has 0 saturated carbocycles. The van der Waals surface area contributed by atoms with Crippen molar-refractivity contribution in [1.82, 2.24) is 0 Å². The number of hydrogen-bond acceptors (Lipinski definition) is 7. The first-order chi connectivity index (χ1) is 12.4. The van der Waals surface area contributed by atoms with Gasteiger partial charge in [-0.15, -0.1) is 0 Å². The molecule has 2 aromatic rings. The lowest BCUT2D eigenvalue weighted by Gasteiger charge is -2.14. The van der Waals surface area contributed by atoms with Crippen LogP contribution in [0.2, 0.25) is 0 Å². The van der Waals surface area contributed by atoms with Gasteiger partial charge in [0.1, 0.15) is 17.1 Å². The SMILES string of the molecule is COc1ccc(C(=O)[C@@H](C)OC(=O)c2cc([N+](=O)[O-])ccc2OC)cc1. The maximum absolute atomic E-state index is 12.4. The first-order valence-electron chi connectivity index (χ1n) is 7.59. The van der Waals surface area contributed by atoms with Gasteiger partial charge in [0.05, 0.1) is 19.1 Å². The number of ketones is 1. The molecule has 0 aliphatic carbocycles. The summed E-state index contributed by atoms with van der Waals surface area (Å²) < 4.78 is 15.2. The van der Waals surface area contributed by atoms with Gasteiger partial charge in [0.2, 0.25) is 5.78 Å². The predicted octanol–water partition coefficient (Wildman–Crippen LogP) is 3.04. The Morgan fingerprint density at radius 2 is 1.69 bits per heavy atom. The van der Waals surface area contributed by atoms with Crippen molar-refractivity contribution in [2.75, 3.05) is 14.2 Å². The summed E-state index contributed by atoms with van der Waals surface area (Å²) in [7, 11) is 2.83. The molecule has 0 spiro atoms. The van der Waals surface area contributed by atoms with Crippen LogP contribution in [-0.2, 0) is 4.74 Å². The number of non-ortho nitro benzene ring substituents is 1. The fraction of sp³-hybridized carbons (Fsp3) is 0.222. The van der Waals surface area contributed by atoms with Gasteiger partial charge in [0.25, 0.3) is 5.69 Å². The normalized spacial score (nSPS) is 11.3. The second kappa shape index (κ2) is 8.11. The van der Waals surface area contributed by atoms with Crippen LogP contribution in [0.4, 0.5) is 5.69 Å². The fourth-order valence-corrected chi connectivity index (χ4v) is 2.24. The number of methoxy groups -OCH3 is 2. The summed E-state index contributed by atoms with van der Waals surface area (Å²) in [6.07, 6.45) is -1.08. The third kappa shape index (κ3) is 4.15. The quantitative estimate of drug-likeness (QED) is 0.324. The predicted molar refractivity (Wildman–Crippen MR) is 91.9 cm³/mol. The number of hydrogen-bond donors (Lipinski definition) is 0. The number of Topliss-reactive ketones (excluding diaryl/α,β-unsaturated/α-hetero) is 1. The summed E-state index contributed by atoms with van der Waals surface area (Å²) in [5.41, 5.74) is -0.0694. The number of benzene rings is 2. The van der Waals surface area contributed by atoms with Crippen molar-refractivity contribution in [2.24, 2.45) is 0 Å². The van der Waals surface area contributed by atoms with Crippen LogP contribution < -0.4 is 9.47 Å². The van der Waals surface area contributed by atoms with Crippen molar-refractivity contribution in [3.05, 3.63) is 63.7 Å². The molecule has 1 atom stereocenters. The van der Waals surface area contributed by atoms with Crippen LogP contribution in [0, 0.1) is 10.1 Å². The Morgan fingerprint density at radius 3 is 2.23 bits per heavy atom. The molecule has 0 aliphatic heterocycles. The number of carbonyl (C=O) groups excluding carboxylic acids is 2. The smallest absolute Gasteiger partial charge is 0.342 e. The molecule has 8 heteroatoms. The summed E-state index contributed by atoms with van der Waals surface area (Å²) in [5.74, 6) is -0.595. The summed E-state index contributed by atoms with van der Waals surface area (Å²) in [5, 5.41) is 10.9. The second-order valence-electron chi connectivity index (χ2n) is 5.28. The van der Waals surface area contributed by atoms with Crippen LogP contribution in [0.15, 0.2) is 42.5 Å². The van der Waals surface area contributed by atoms with E-state index in [1.54, 1.807) is 24.3 Å². The van der Waals surface area contributed by atoms with E-state index in [2.05, 4.69) is 0 Å². The minimum Gasteiger partial charge on any atom is -0.497 e. The van der Waals surface area contributed by atoms with E-state index in [4.69, 9.17) is 14.2 Å². The van der Waals surface area contributed by atoms with E-state index in [1.807, 2.05) is 0 Å². The molecule has 2 rings (SSSR count). The van der Waals surface area contributed by atoms with Crippen molar-refractivity contribution in [2.45, 2.75) is 13.0 Å². The Hall–Kier alpha value is -3.42. The summed E-state index contributed by atoms with van der Waals surface area (Å²) >= 11 is 0. The summed E-state index contributed by atoms with van der Waals surface area (Å²) in [4.78, 5) is 35.0. The number of nitro benzene ring substituents is 1. The van der Waals surface area contributed by atoms with Crippen LogP contribution >= 0.6 is 0 Å². The van der Waals surface area contributed by atoms with Gasteiger partial charge in [-0.1, -0.05) is 0 Å². The van der Waals surface area contributed by atoms with Gasteiger partial charge in [-0.2, -0.15) is 0 Å². The van der Waals surface area contributed by atoms with E-state index in [-0.39, 0.29) is 17.0 Å². The Balaban J connectivity index is 2.18. The average Bonchev–Trinajstić information content (AvgIpc) is 2.66. The zero-order valence-electron chi connectivity index (χ0n) is 14.4. The topological polar surface area (TPSA) is 105 Å². The van der Waals surface area contributed by atoms with Crippen LogP contribution in [0.25, 0.3) is 0 Å². The van der Waals surface area contributed by atoms with Crippen LogP contribution in [0.1, 0.15) is 27.6 Å². The first kappa shape index (κ1) is 18.9. The number of carbonyl (C=O) groups is 2. The highest BCUT2D eigenvalue weighted by Crippen LogP contribution is 2.25. The molecule has 26 heavy (non-hydrogen) atoms. The fourth-order valence-electron chi connectivity index (χ4n) is 2.24. The monoisotopic (exact) mass is 359 g/mol. The van der Waals surface area contributed by atoms with Crippen LogP contribution in [-0.4, -0.2) is 37.0 Å². The van der Waals surface area contributed by atoms with Gasteiger partial charge in [-0.25, -0.2) is 4.79 Å². The maximum atomic E-state index is 12.4. The van der Waals surface area contributed by atoms with E-state index in [0.29, 0.717) is 11.3 Å².